The first-order valence-corrected chi connectivity index (χ1v) is 14.0. The molecule has 0 bridgehead atoms. The fraction of sp³-hybridized carbons (Fsp3) is 0.381. The number of thiazole rings is 1. The van der Waals surface area contributed by atoms with Gasteiger partial charge in [0.2, 0.25) is 20.0 Å². The lowest BCUT2D eigenvalue weighted by Gasteiger charge is -2.23. The number of sulfonamides is 2. The van der Waals surface area contributed by atoms with E-state index in [-0.39, 0.29) is 15.8 Å². The lowest BCUT2D eigenvalue weighted by molar-refractivity contribution is 0.396. The molecule has 2 aliphatic rings. The quantitative estimate of drug-likeness (QED) is 0.560. The highest BCUT2D eigenvalue weighted by atomic mass is 32.2. The summed E-state index contributed by atoms with van der Waals surface area (Å²) in [5, 5.41) is 0.801. The molecule has 0 saturated carbocycles. The van der Waals surface area contributed by atoms with Crippen LogP contribution in [0.1, 0.15) is 36.7 Å². The molecule has 2 aromatic carbocycles. The number of hydrogen-bond donors (Lipinski definition) is 0. The van der Waals surface area contributed by atoms with Gasteiger partial charge >= 0.3 is 0 Å². The first kappa shape index (κ1) is 21.0. The van der Waals surface area contributed by atoms with Crippen LogP contribution in [0.15, 0.2) is 58.3 Å². The van der Waals surface area contributed by atoms with E-state index in [1.165, 1.54) is 44.2 Å². The van der Waals surface area contributed by atoms with E-state index in [1.54, 1.807) is 0 Å². The third-order valence-electron chi connectivity index (χ3n) is 5.93. The lowest BCUT2D eigenvalue weighted by Crippen LogP contribution is -2.31. The second-order valence-electron chi connectivity index (χ2n) is 7.88. The molecule has 3 aromatic rings. The van der Waals surface area contributed by atoms with Gasteiger partial charge in [0, 0.05) is 19.6 Å². The zero-order chi connectivity index (χ0) is 21.6. The van der Waals surface area contributed by atoms with Crippen molar-refractivity contribution in [3.8, 4) is 0 Å². The van der Waals surface area contributed by atoms with Gasteiger partial charge in [-0.05, 0) is 62.1 Å². The van der Waals surface area contributed by atoms with Crippen LogP contribution in [-0.4, -0.2) is 50.1 Å². The summed E-state index contributed by atoms with van der Waals surface area (Å²) in [6.45, 7) is 1.46. The molecule has 1 aromatic heterocycles. The molecule has 0 amide bonds. The van der Waals surface area contributed by atoms with Gasteiger partial charge in [-0.1, -0.05) is 12.1 Å². The Hall–Kier alpha value is -1.85. The molecule has 10 heteroatoms. The molecule has 0 N–H and O–H groups in total. The van der Waals surface area contributed by atoms with Gasteiger partial charge in [-0.15, -0.1) is 11.3 Å². The minimum atomic E-state index is -3.76. The minimum absolute atomic E-state index is 0.112. The first-order chi connectivity index (χ1) is 14.9. The standard InChI is InChI=1S/C21H23N3O4S3/c25-30(26,23-13-3-4-14-23)16-9-11-17(12-10-16)31(27,28)24-15-5-7-19(24)21-22-18-6-1-2-8-20(18)29-21/h1-2,6,8-12,19H,3-5,7,13-15H2. The Balaban J connectivity index is 1.44. The molecule has 0 spiro atoms. The number of rotatable bonds is 5. The summed E-state index contributed by atoms with van der Waals surface area (Å²) in [4.78, 5) is 4.92. The summed E-state index contributed by atoms with van der Waals surface area (Å²) in [5.74, 6) is 0. The fourth-order valence-electron chi connectivity index (χ4n) is 4.30. The SMILES string of the molecule is O=S(=O)(c1ccc(S(=O)(=O)N2CCCC2c2nc3ccccc3s2)cc1)N1CCCC1. The Kier molecular flexibility index (Phi) is 5.38. The number of aromatic nitrogens is 1. The lowest BCUT2D eigenvalue weighted by atomic mass is 10.2. The average Bonchev–Trinajstić information content (AvgIpc) is 3.53. The number of hydrogen-bond acceptors (Lipinski definition) is 6. The van der Waals surface area contributed by atoms with E-state index in [0.29, 0.717) is 19.6 Å². The third-order valence-corrected chi connectivity index (χ3v) is 10.9. The van der Waals surface area contributed by atoms with Crippen LogP contribution < -0.4 is 0 Å². The molecule has 5 rings (SSSR count). The fourth-order valence-corrected chi connectivity index (χ4v) is 8.66. The Morgan fingerprint density at radius 3 is 2.13 bits per heavy atom. The number of benzene rings is 2. The molecule has 164 valence electrons. The van der Waals surface area contributed by atoms with Crippen molar-refractivity contribution in [2.24, 2.45) is 0 Å². The maximum atomic E-state index is 13.4. The molecule has 7 nitrogen and oxygen atoms in total. The Labute approximate surface area is 186 Å². The van der Waals surface area contributed by atoms with E-state index in [1.807, 2.05) is 24.3 Å². The average molecular weight is 478 g/mol. The summed E-state index contributed by atoms with van der Waals surface area (Å²) in [5.41, 5.74) is 0.878. The largest absolute Gasteiger partial charge is 0.243 e. The number of fused-ring (bicyclic) bond motifs is 1. The smallest absolute Gasteiger partial charge is 0.239 e. The van der Waals surface area contributed by atoms with Crippen molar-refractivity contribution in [3.63, 3.8) is 0 Å². The van der Waals surface area contributed by atoms with Crippen molar-refractivity contribution >= 4 is 41.6 Å². The molecular weight excluding hydrogens is 454 g/mol. The Bertz CT molecular complexity index is 1280. The highest BCUT2D eigenvalue weighted by Crippen LogP contribution is 2.39. The first-order valence-electron chi connectivity index (χ1n) is 10.3. The topological polar surface area (TPSA) is 87.6 Å². The van der Waals surface area contributed by atoms with Gasteiger partial charge in [0.1, 0.15) is 5.01 Å². The van der Waals surface area contributed by atoms with E-state index in [4.69, 9.17) is 0 Å². The van der Waals surface area contributed by atoms with Crippen molar-refractivity contribution in [2.45, 2.75) is 41.5 Å². The predicted octanol–water partition coefficient (Wildman–Crippen LogP) is 3.61. The van der Waals surface area contributed by atoms with E-state index in [9.17, 15) is 16.8 Å². The summed E-state index contributed by atoms with van der Waals surface area (Å²) in [7, 11) is -7.34. The maximum absolute atomic E-state index is 13.4. The van der Waals surface area contributed by atoms with Crippen LogP contribution in [0, 0.1) is 0 Å². The maximum Gasteiger partial charge on any atom is 0.243 e. The zero-order valence-electron chi connectivity index (χ0n) is 16.8. The van der Waals surface area contributed by atoms with Crippen LogP contribution in [0.2, 0.25) is 0 Å². The van der Waals surface area contributed by atoms with Gasteiger partial charge in [0.25, 0.3) is 0 Å². The van der Waals surface area contributed by atoms with Gasteiger partial charge < -0.3 is 0 Å². The molecule has 0 radical (unpaired) electrons. The Morgan fingerprint density at radius 1 is 0.806 bits per heavy atom. The molecule has 0 aliphatic carbocycles. The van der Waals surface area contributed by atoms with Crippen LogP contribution in [-0.2, 0) is 20.0 Å². The van der Waals surface area contributed by atoms with Crippen molar-refractivity contribution in [2.75, 3.05) is 19.6 Å². The van der Waals surface area contributed by atoms with Gasteiger partial charge in [-0.2, -0.15) is 8.61 Å². The van der Waals surface area contributed by atoms with Crippen LogP contribution in [0.3, 0.4) is 0 Å². The van der Waals surface area contributed by atoms with Gasteiger partial charge in [0.15, 0.2) is 0 Å². The van der Waals surface area contributed by atoms with Crippen LogP contribution in [0.25, 0.3) is 10.2 Å². The number of nitrogens with zero attached hydrogens (tertiary/aromatic N) is 3. The highest BCUT2D eigenvalue weighted by molar-refractivity contribution is 7.89. The van der Waals surface area contributed by atoms with Crippen LogP contribution in [0.4, 0.5) is 0 Å². The summed E-state index contributed by atoms with van der Waals surface area (Å²) in [6.07, 6.45) is 3.20. The van der Waals surface area contributed by atoms with Crippen molar-refractivity contribution < 1.29 is 16.8 Å². The zero-order valence-corrected chi connectivity index (χ0v) is 19.3. The van der Waals surface area contributed by atoms with Gasteiger partial charge in [-0.25, -0.2) is 21.8 Å². The van der Waals surface area contributed by atoms with Crippen molar-refractivity contribution in [1.29, 1.82) is 0 Å². The van der Waals surface area contributed by atoms with Gasteiger partial charge in [0.05, 0.1) is 26.0 Å². The third kappa shape index (κ3) is 3.70. The minimum Gasteiger partial charge on any atom is -0.239 e. The van der Waals surface area contributed by atoms with E-state index >= 15 is 0 Å². The van der Waals surface area contributed by atoms with E-state index in [2.05, 4.69) is 4.98 Å². The molecule has 1 atom stereocenters. The van der Waals surface area contributed by atoms with Crippen LogP contribution >= 0.6 is 11.3 Å². The highest BCUT2D eigenvalue weighted by Gasteiger charge is 2.38. The van der Waals surface area contributed by atoms with Crippen LogP contribution in [0.5, 0.6) is 0 Å². The predicted molar refractivity (Wildman–Crippen MR) is 120 cm³/mol. The normalized spacial score (nSPS) is 21.2. The molecule has 2 fully saturated rings. The molecule has 1 unspecified atom stereocenters. The molecule has 31 heavy (non-hydrogen) atoms. The summed E-state index contributed by atoms with van der Waals surface area (Å²) in [6, 6.07) is 13.1. The molecule has 2 saturated heterocycles. The van der Waals surface area contributed by atoms with E-state index in [0.717, 1.165) is 40.9 Å². The summed E-state index contributed by atoms with van der Waals surface area (Å²) >= 11 is 1.53. The van der Waals surface area contributed by atoms with Crippen molar-refractivity contribution in [3.05, 3.63) is 53.5 Å². The summed E-state index contributed by atoms with van der Waals surface area (Å²) < 4.78 is 56.3. The second-order valence-corrected chi connectivity index (χ2v) is 12.8. The monoisotopic (exact) mass is 477 g/mol. The van der Waals surface area contributed by atoms with Crippen molar-refractivity contribution in [1.82, 2.24) is 13.6 Å². The molecule has 3 heterocycles. The Morgan fingerprint density at radius 2 is 1.45 bits per heavy atom. The number of para-hydroxylation sites is 1. The van der Waals surface area contributed by atoms with E-state index < -0.39 is 20.0 Å². The second kappa shape index (κ2) is 7.93. The molecule has 2 aliphatic heterocycles. The van der Waals surface area contributed by atoms with Gasteiger partial charge in [-0.3, -0.25) is 0 Å². The molecular formula is C21H23N3O4S3.